The summed E-state index contributed by atoms with van der Waals surface area (Å²) in [4.78, 5) is 31.2. The second kappa shape index (κ2) is 16.8. The van der Waals surface area contributed by atoms with E-state index in [9.17, 15) is 9.59 Å². The molecule has 1 heterocycles. The Kier molecular flexibility index (Phi) is 13.9. The molecule has 10 heteroatoms. The minimum absolute atomic E-state index is 0.104. The average molecular weight is 614 g/mol. The fourth-order valence-electron chi connectivity index (χ4n) is 4.68. The topological polar surface area (TPSA) is 104 Å². The average Bonchev–Trinajstić information content (AvgIpc) is 2.94. The first-order valence-electron chi connectivity index (χ1n) is 14.7. The number of halogens is 1. The Morgan fingerprint density at radius 3 is 2.44 bits per heavy atom. The molecule has 2 rings (SSSR count). The van der Waals surface area contributed by atoms with Crippen LogP contribution in [-0.4, -0.2) is 67.4 Å². The number of nitrogens with one attached hydrogen (secondary N) is 3. The van der Waals surface area contributed by atoms with Crippen LogP contribution in [0.4, 0.5) is 9.59 Å². The SMILES string of the molecule is C=CNC(C)C(=C1CCN(C(=O)OC(C)(C)C)CC1)c1ccc(Cl)cc1C(=C)C(/C=C/NC=NC)NC(=O)OC(C)CC. The summed E-state index contributed by atoms with van der Waals surface area (Å²) in [6.45, 7) is 20.8. The lowest BCUT2D eigenvalue weighted by molar-refractivity contribution is 0.0236. The van der Waals surface area contributed by atoms with Crippen molar-refractivity contribution < 1.29 is 19.1 Å². The summed E-state index contributed by atoms with van der Waals surface area (Å²) in [7, 11) is 1.66. The van der Waals surface area contributed by atoms with Crippen molar-refractivity contribution in [2.75, 3.05) is 20.1 Å². The molecule has 0 saturated carbocycles. The van der Waals surface area contributed by atoms with Gasteiger partial charge in [0.25, 0.3) is 0 Å². The van der Waals surface area contributed by atoms with Gasteiger partial charge in [0.05, 0.1) is 12.4 Å². The number of benzene rings is 1. The molecule has 9 nitrogen and oxygen atoms in total. The second-order valence-corrected chi connectivity index (χ2v) is 11.9. The molecule has 1 fully saturated rings. The number of carbonyl (C=O) groups is 2. The lowest BCUT2D eigenvalue weighted by atomic mass is 9.84. The minimum Gasteiger partial charge on any atom is -0.447 e. The largest absolute Gasteiger partial charge is 0.447 e. The monoisotopic (exact) mass is 613 g/mol. The molecular weight excluding hydrogens is 566 g/mol. The van der Waals surface area contributed by atoms with Crippen molar-refractivity contribution in [1.82, 2.24) is 20.9 Å². The minimum atomic E-state index is -0.616. The summed E-state index contributed by atoms with van der Waals surface area (Å²) >= 11 is 6.54. The Morgan fingerprint density at radius 2 is 1.86 bits per heavy atom. The van der Waals surface area contributed by atoms with E-state index in [1.165, 1.54) is 11.9 Å². The van der Waals surface area contributed by atoms with E-state index in [4.69, 9.17) is 21.1 Å². The van der Waals surface area contributed by atoms with Crippen LogP contribution in [-0.2, 0) is 9.47 Å². The summed E-state index contributed by atoms with van der Waals surface area (Å²) in [6.07, 6.45) is 7.62. The summed E-state index contributed by atoms with van der Waals surface area (Å²) in [6, 6.07) is 4.97. The molecule has 1 aromatic carbocycles. The first-order valence-corrected chi connectivity index (χ1v) is 15.0. The van der Waals surface area contributed by atoms with Crippen molar-refractivity contribution in [3.05, 3.63) is 71.6 Å². The number of piperidine rings is 1. The Morgan fingerprint density at radius 1 is 1.19 bits per heavy atom. The Labute approximate surface area is 262 Å². The van der Waals surface area contributed by atoms with Crippen LogP contribution >= 0.6 is 11.6 Å². The second-order valence-electron chi connectivity index (χ2n) is 11.5. The number of hydrogen-bond acceptors (Lipinski definition) is 6. The van der Waals surface area contributed by atoms with Crippen LogP contribution < -0.4 is 16.0 Å². The van der Waals surface area contributed by atoms with Gasteiger partial charge in [0, 0.05) is 37.4 Å². The Hall–Kier alpha value is -3.72. The highest BCUT2D eigenvalue weighted by molar-refractivity contribution is 6.30. The lowest BCUT2D eigenvalue weighted by Crippen LogP contribution is -2.40. The van der Waals surface area contributed by atoms with Gasteiger partial charge >= 0.3 is 12.2 Å². The van der Waals surface area contributed by atoms with Crippen molar-refractivity contribution in [3.63, 3.8) is 0 Å². The number of carbonyl (C=O) groups excluding carboxylic acids is 2. The van der Waals surface area contributed by atoms with Crippen LogP contribution in [0.1, 0.15) is 71.9 Å². The molecule has 0 bridgehead atoms. The summed E-state index contributed by atoms with van der Waals surface area (Å²) in [5.41, 5.74) is 4.05. The molecule has 0 spiro atoms. The predicted molar refractivity (Wildman–Crippen MR) is 177 cm³/mol. The molecule has 3 N–H and O–H groups in total. The van der Waals surface area contributed by atoms with E-state index in [2.05, 4.69) is 41.0 Å². The van der Waals surface area contributed by atoms with Gasteiger partial charge in [-0.15, -0.1) is 0 Å². The van der Waals surface area contributed by atoms with Gasteiger partial charge in [-0.2, -0.15) is 0 Å². The fourth-order valence-corrected chi connectivity index (χ4v) is 4.85. The number of nitrogens with zero attached hydrogens (tertiary/aromatic N) is 2. The number of ether oxygens (including phenoxy) is 2. The van der Waals surface area contributed by atoms with E-state index in [1.54, 1.807) is 30.4 Å². The summed E-state index contributed by atoms with van der Waals surface area (Å²) in [5.74, 6) is 0. The van der Waals surface area contributed by atoms with Gasteiger partial charge in [0.2, 0.25) is 0 Å². The van der Waals surface area contributed by atoms with Crippen LogP contribution in [0.25, 0.3) is 11.1 Å². The molecule has 236 valence electrons. The van der Waals surface area contributed by atoms with E-state index in [1.807, 2.05) is 52.8 Å². The molecule has 1 saturated heterocycles. The van der Waals surface area contributed by atoms with E-state index < -0.39 is 17.7 Å². The molecule has 2 amide bonds. The zero-order valence-electron chi connectivity index (χ0n) is 26.6. The third-order valence-electron chi connectivity index (χ3n) is 6.94. The third-order valence-corrected chi connectivity index (χ3v) is 7.17. The van der Waals surface area contributed by atoms with E-state index in [-0.39, 0.29) is 18.2 Å². The maximum atomic E-state index is 12.8. The smallest absolute Gasteiger partial charge is 0.410 e. The zero-order chi connectivity index (χ0) is 32.2. The summed E-state index contributed by atoms with van der Waals surface area (Å²) in [5, 5.41) is 9.76. The molecule has 0 aromatic heterocycles. The number of alkyl carbamates (subject to hydrolysis) is 1. The predicted octanol–water partition coefficient (Wildman–Crippen LogP) is 6.91. The molecule has 0 radical (unpaired) electrons. The maximum absolute atomic E-state index is 12.8. The van der Waals surface area contributed by atoms with Crippen LogP contribution in [0.15, 0.2) is 60.4 Å². The molecule has 1 aliphatic heterocycles. The lowest BCUT2D eigenvalue weighted by Gasteiger charge is -2.33. The van der Waals surface area contributed by atoms with Gasteiger partial charge in [-0.25, -0.2) is 9.59 Å². The number of hydrogen-bond donors (Lipinski definition) is 3. The van der Waals surface area contributed by atoms with Crippen LogP contribution in [0.3, 0.4) is 0 Å². The van der Waals surface area contributed by atoms with Crippen molar-refractivity contribution in [1.29, 1.82) is 0 Å². The molecule has 3 unspecified atom stereocenters. The molecule has 43 heavy (non-hydrogen) atoms. The van der Waals surface area contributed by atoms with Crippen LogP contribution in [0.2, 0.25) is 5.02 Å². The van der Waals surface area contributed by atoms with Crippen LogP contribution in [0, 0.1) is 0 Å². The molecule has 0 aliphatic carbocycles. The van der Waals surface area contributed by atoms with E-state index in [0.29, 0.717) is 42.9 Å². The maximum Gasteiger partial charge on any atom is 0.410 e. The number of aliphatic imine (C=N–C) groups is 1. The highest BCUT2D eigenvalue weighted by atomic mass is 35.5. The normalized spacial score (nSPS) is 15.9. The molecule has 3 atom stereocenters. The quantitative estimate of drug-likeness (QED) is 0.175. The van der Waals surface area contributed by atoms with Gasteiger partial charge in [-0.3, -0.25) is 4.99 Å². The van der Waals surface area contributed by atoms with Crippen molar-refractivity contribution in [3.8, 4) is 0 Å². The van der Waals surface area contributed by atoms with Gasteiger partial charge in [-0.1, -0.05) is 43.3 Å². The molecule has 1 aliphatic rings. The Balaban J connectivity index is 2.54. The van der Waals surface area contributed by atoms with Gasteiger partial charge in [0.15, 0.2) is 0 Å². The van der Waals surface area contributed by atoms with Crippen LogP contribution in [0.5, 0.6) is 0 Å². The summed E-state index contributed by atoms with van der Waals surface area (Å²) < 4.78 is 11.1. The number of likely N-dealkylation sites (tertiary alicyclic amines) is 1. The van der Waals surface area contributed by atoms with Crippen molar-refractivity contribution in [2.24, 2.45) is 4.99 Å². The highest BCUT2D eigenvalue weighted by Gasteiger charge is 2.29. The molecular formula is C33H48ClN5O4. The number of amides is 2. The van der Waals surface area contributed by atoms with E-state index >= 15 is 0 Å². The first kappa shape index (κ1) is 35.5. The highest BCUT2D eigenvalue weighted by Crippen LogP contribution is 2.36. The van der Waals surface area contributed by atoms with Crippen molar-refractivity contribution >= 4 is 41.3 Å². The first-order chi connectivity index (χ1) is 20.3. The third kappa shape index (κ3) is 11.1. The van der Waals surface area contributed by atoms with E-state index in [0.717, 1.165) is 16.7 Å². The van der Waals surface area contributed by atoms with Crippen molar-refractivity contribution in [2.45, 2.75) is 84.6 Å². The number of rotatable bonds is 12. The fraction of sp³-hybridized carbons (Fsp3) is 0.485. The van der Waals surface area contributed by atoms with Gasteiger partial charge < -0.3 is 30.3 Å². The molecule has 1 aromatic rings. The standard InChI is InChI=1S/C33H48ClN5O4/c1-10-22(3)42-31(40)38-29(14-17-36-21-35-9)23(4)28-20-26(34)12-13-27(28)30(24(5)37-11-2)25-15-18-39(19-16-25)32(41)43-33(6,7)8/h11-14,17,20-22,24,29,37H,2,4,10,15-16,18-19H2,1,3,5-9H3,(H,35,36)(H,38,40)/b17-14+. The Bertz CT molecular complexity index is 1220. The van der Waals surface area contributed by atoms with Gasteiger partial charge in [0.1, 0.15) is 11.7 Å². The zero-order valence-corrected chi connectivity index (χ0v) is 27.4. The van der Waals surface area contributed by atoms with Gasteiger partial charge in [-0.05, 0) is 101 Å².